The highest BCUT2D eigenvalue weighted by Gasteiger charge is 2.23. The monoisotopic (exact) mass is 422 g/mol. The minimum atomic E-state index is -0.495. The molecule has 0 aliphatic carbocycles. The maximum Gasteiger partial charge on any atom is 0.340 e. The van der Waals surface area contributed by atoms with Crippen LogP contribution in [0.25, 0.3) is 0 Å². The van der Waals surface area contributed by atoms with Crippen LogP contribution in [0.4, 0.5) is 5.69 Å². The van der Waals surface area contributed by atoms with Crippen molar-refractivity contribution >= 4 is 17.6 Å². The lowest BCUT2D eigenvalue weighted by Gasteiger charge is -2.12. The van der Waals surface area contributed by atoms with Crippen LogP contribution in [0.1, 0.15) is 37.7 Å². The number of ether oxygens (including phenoxy) is 3. The van der Waals surface area contributed by atoms with Gasteiger partial charge in [-0.25, -0.2) is 4.79 Å². The highest BCUT2D eigenvalue weighted by atomic mass is 16.6. The topological polar surface area (TPSA) is 89.7 Å². The summed E-state index contributed by atoms with van der Waals surface area (Å²) in [6.45, 7) is 5.88. The molecule has 2 aromatic carbocycles. The van der Waals surface area contributed by atoms with E-state index >= 15 is 0 Å². The second-order valence-electron chi connectivity index (χ2n) is 7.12. The molecule has 162 valence electrons. The number of rotatable bonds is 8. The van der Waals surface area contributed by atoms with Gasteiger partial charge in [-0.2, -0.15) is 0 Å². The molecule has 1 amide bonds. The predicted molar refractivity (Wildman–Crippen MR) is 118 cm³/mol. The first-order chi connectivity index (χ1) is 14.9. The molecule has 0 aliphatic heterocycles. The van der Waals surface area contributed by atoms with Gasteiger partial charge in [-0.3, -0.25) is 4.79 Å². The van der Waals surface area contributed by atoms with Gasteiger partial charge >= 0.3 is 5.97 Å². The number of para-hydroxylation sites is 2. The van der Waals surface area contributed by atoms with Gasteiger partial charge in [-0.15, -0.1) is 0 Å². The predicted octanol–water partition coefficient (Wildman–Crippen LogP) is 4.79. The molecule has 1 aromatic heterocycles. The number of aromatic amines is 1. The summed E-state index contributed by atoms with van der Waals surface area (Å²) < 4.78 is 16.0. The van der Waals surface area contributed by atoms with Crippen LogP contribution in [0, 0.1) is 20.8 Å². The Balaban J connectivity index is 1.79. The number of aromatic nitrogens is 1. The smallest absolute Gasteiger partial charge is 0.340 e. The van der Waals surface area contributed by atoms with Crippen molar-refractivity contribution in [1.82, 2.24) is 4.98 Å². The van der Waals surface area contributed by atoms with Gasteiger partial charge in [0.2, 0.25) is 0 Å². The minimum absolute atomic E-state index is 0.143. The maximum absolute atomic E-state index is 13.0. The van der Waals surface area contributed by atoms with Crippen molar-refractivity contribution in [3.05, 3.63) is 76.6 Å². The number of anilines is 1. The molecule has 0 unspecified atom stereocenters. The van der Waals surface area contributed by atoms with E-state index < -0.39 is 5.97 Å². The zero-order valence-electron chi connectivity index (χ0n) is 18.1. The lowest BCUT2D eigenvalue weighted by molar-refractivity contribution is 0.0387. The molecule has 0 atom stereocenters. The van der Waals surface area contributed by atoms with Crippen LogP contribution in [-0.2, 0) is 9.47 Å². The third-order valence-corrected chi connectivity index (χ3v) is 4.77. The number of benzene rings is 2. The van der Waals surface area contributed by atoms with Gasteiger partial charge in [0.05, 0.1) is 17.9 Å². The van der Waals surface area contributed by atoms with Crippen LogP contribution in [-0.4, -0.2) is 37.2 Å². The summed E-state index contributed by atoms with van der Waals surface area (Å²) in [6, 6.07) is 14.8. The number of hydrogen-bond donors (Lipinski definition) is 2. The van der Waals surface area contributed by atoms with Gasteiger partial charge in [0.15, 0.2) is 5.75 Å². The number of carbonyl (C=O) groups is 2. The van der Waals surface area contributed by atoms with Crippen LogP contribution in [0.5, 0.6) is 11.5 Å². The molecule has 3 rings (SSSR count). The molecule has 0 saturated heterocycles. The summed E-state index contributed by atoms with van der Waals surface area (Å²) >= 11 is 0. The first-order valence-electron chi connectivity index (χ1n) is 9.90. The second-order valence-corrected chi connectivity index (χ2v) is 7.12. The molecule has 0 aliphatic rings. The quantitative estimate of drug-likeness (QED) is 0.402. The molecule has 7 nitrogen and oxygen atoms in total. The summed E-state index contributed by atoms with van der Waals surface area (Å²) in [6.07, 6.45) is 0. The summed E-state index contributed by atoms with van der Waals surface area (Å²) in [5, 5.41) is 2.86. The Morgan fingerprint density at radius 1 is 0.968 bits per heavy atom. The van der Waals surface area contributed by atoms with E-state index in [2.05, 4.69) is 10.3 Å². The average molecular weight is 422 g/mol. The molecule has 2 N–H and O–H groups in total. The van der Waals surface area contributed by atoms with E-state index in [0.29, 0.717) is 46.3 Å². The number of methoxy groups -OCH3 is 1. The molecular formula is C24H26N2O5. The van der Waals surface area contributed by atoms with Gasteiger partial charge < -0.3 is 24.5 Å². The van der Waals surface area contributed by atoms with E-state index in [0.717, 1.165) is 5.56 Å². The number of aryl methyl sites for hydroxylation is 2. The summed E-state index contributed by atoms with van der Waals surface area (Å²) in [4.78, 5) is 28.3. The molecule has 0 spiro atoms. The third-order valence-electron chi connectivity index (χ3n) is 4.77. The van der Waals surface area contributed by atoms with Crippen molar-refractivity contribution in [3.63, 3.8) is 0 Å². The Morgan fingerprint density at radius 3 is 2.39 bits per heavy atom. The Bertz CT molecular complexity index is 1070. The SMILES string of the molecule is COCCOC(=O)c1c(C)[nH]c(C(=O)Nc2ccccc2Oc2ccc(C)cc2)c1C. The van der Waals surface area contributed by atoms with E-state index in [9.17, 15) is 9.59 Å². The van der Waals surface area contributed by atoms with E-state index in [1.165, 1.54) is 7.11 Å². The third kappa shape index (κ3) is 5.32. The van der Waals surface area contributed by atoms with Crippen LogP contribution in [0.2, 0.25) is 0 Å². The Morgan fingerprint density at radius 2 is 1.68 bits per heavy atom. The minimum Gasteiger partial charge on any atom is -0.460 e. The van der Waals surface area contributed by atoms with Gasteiger partial charge in [0.1, 0.15) is 18.1 Å². The van der Waals surface area contributed by atoms with Gasteiger partial charge in [0.25, 0.3) is 5.91 Å². The zero-order chi connectivity index (χ0) is 22.4. The zero-order valence-corrected chi connectivity index (χ0v) is 18.1. The largest absolute Gasteiger partial charge is 0.460 e. The van der Waals surface area contributed by atoms with E-state index in [1.54, 1.807) is 26.0 Å². The molecule has 7 heteroatoms. The normalized spacial score (nSPS) is 10.6. The van der Waals surface area contributed by atoms with Crippen LogP contribution < -0.4 is 10.1 Å². The second kappa shape index (κ2) is 9.95. The van der Waals surface area contributed by atoms with E-state index in [-0.39, 0.29) is 12.5 Å². The number of amides is 1. The highest BCUT2D eigenvalue weighted by molar-refractivity contribution is 6.07. The summed E-state index contributed by atoms with van der Waals surface area (Å²) in [5.74, 6) is 0.307. The standard InChI is InChI=1S/C24H26N2O5/c1-15-9-11-18(12-10-15)31-20-8-6-5-7-19(20)26-23(27)22-16(2)21(17(3)25-22)24(28)30-14-13-29-4/h5-12,25H,13-14H2,1-4H3,(H,26,27). The number of nitrogens with one attached hydrogen (secondary N) is 2. The highest BCUT2D eigenvalue weighted by Crippen LogP contribution is 2.30. The number of H-pyrrole nitrogens is 1. The molecule has 0 bridgehead atoms. The molecule has 3 aromatic rings. The fraction of sp³-hybridized carbons (Fsp3) is 0.250. The fourth-order valence-electron chi connectivity index (χ4n) is 3.15. The molecule has 0 saturated carbocycles. The van der Waals surface area contributed by atoms with Gasteiger partial charge in [0, 0.05) is 12.8 Å². The fourth-order valence-corrected chi connectivity index (χ4v) is 3.15. The van der Waals surface area contributed by atoms with Crippen molar-refractivity contribution in [1.29, 1.82) is 0 Å². The average Bonchev–Trinajstić information content (AvgIpc) is 3.05. The van der Waals surface area contributed by atoms with Crippen molar-refractivity contribution in [2.75, 3.05) is 25.6 Å². The Labute approximate surface area is 181 Å². The maximum atomic E-state index is 13.0. The summed E-state index contributed by atoms with van der Waals surface area (Å²) in [7, 11) is 1.53. The molecule has 0 fully saturated rings. The van der Waals surface area contributed by atoms with Crippen molar-refractivity contribution in [3.8, 4) is 11.5 Å². The molecular weight excluding hydrogens is 396 g/mol. The Kier molecular flexibility index (Phi) is 7.10. The first-order valence-corrected chi connectivity index (χ1v) is 9.90. The number of carbonyl (C=O) groups excluding carboxylic acids is 2. The molecule has 31 heavy (non-hydrogen) atoms. The van der Waals surface area contributed by atoms with Gasteiger partial charge in [-0.1, -0.05) is 29.8 Å². The lowest BCUT2D eigenvalue weighted by Crippen LogP contribution is -2.15. The number of esters is 1. The Hall–Kier alpha value is -3.58. The lowest BCUT2D eigenvalue weighted by atomic mass is 10.1. The summed E-state index contributed by atoms with van der Waals surface area (Å²) in [5.41, 5.74) is 3.38. The van der Waals surface area contributed by atoms with E-state index in [4.69, 9.17) is 14.2 Å². The van der Waals surface area contributed by atoms with Crippen LogP contribution in [0.3, 0.4) is 0 Å². The van der Waals surface area contributed by atoms with Crippen molar-refractivity contribution in [2.45, 2.75) is 20.8 Å². The molecule has 1 heterocycles. The van der Waals surface area contributed by atoms with Crippen LogP contribution >= 0.6 is 0 Å². The molecule has 0 radical (unpaired) electrons. The van der Waals surface area contributed by atoms with Gasteiger partial charge in [-0.05, 0) is 50.6 Å². The van der Waals surface area contributed by atoms with Crippen molar-refractivity contribution in [2.24, 2.45) is 0 Å². The van der Waals surface area contributed by atoms with E-state index in [1.807, 2.05) is 43.3 Å². The van der Waals surface area contributed by atoms with Crippen molar-refractivity contribution < 1.29 is 23.8 Å². The van der Waals surface area contributed by atoms with Crippen LogP contribution in [0.15, 0.2) is 48.5 Å². The number of hydrogen-bond acceptors (Lipinski definition) is 5. The first kappa shape index (κ1) is 22.1.